The van der Waals surface area contributed by atoms with E-state index in [0.29, 0.717) is 0 Å². The van der Waals surface area contributed by atoms with E-state index >= 15 is 0 Å². The monoisotopic (exact) mass is 210 g/mol. The molecule has 1 rings (SSSR count). The van der Waals surface area contributed by atoms with Crippen LogP contribution in [-0.2, 0) is 11.2 Å². The highest BCUT2D eigenvalue weighted by Crippen LogP contribution is 2.12. The summed E-state index contributed by atoms with van der Waals surface area (Å²) in [6.45, 7) is 5.29. The Kier molecular flexibility index (Phi) is 5.64. The van der Waals surface area contributed by atoms with Crippen molar-refractivity contribution in [2.75, 3.05) is 0 Å². The predicted molar refractivity (Wildman–Crippen MR) is 59.8 cm³/mol. The number of hydrogen-bond acceptors (Lipinski definition) is 2. The first-order valence-corrected chi connectivity index (χ1v) is 5.02. The second-order valence-corrected chi connectivity index (χ2v) is 3.24. The molecule has 0 spiro atoms. The molecule has 1 aromatic carbocycles. The summed E-state index contributed by atoms with van der Waals surface area (Å²) < 4.78 is 0. The number of rotatable bonds is 3. The van der Waals surface area contributed by atoms with Crippen LogP contribution in [-0.4, -0.2) is 21.8 Å². The Labute approximate surface area is 90.4 Å². The van der Waals surface area contributed by atoms with Gasteiger partial charge in [-0.05, 0) is 12.5 Å². The zero-order valence-corrected chi connectivity index (χ0v) is 9.40. The lowest BCUT2D eigenvalue weighted by Crippen LogP contribution is -2.37. The van der Waals surface area contributed by atoms with Crippen molar-refractivity contribution >= 4 is 5.97 Å². The third kappa shape index (κ3) is 4.61. The number of carboxylic acids is 1. The van der Waals surface area contributed by atoms with Crippen molar-refractivity contribution in [1.29, 1.82) is 0 Å². The van der Waals surface area contributed by atoms with Crippen molar-refractivity contribution in [2.45, 2.75) is 32.8 Å². The maximum atomic E-state index is 10.6. The molecule has 0 aliphatic heterocycles. The minimum absolute atomic E-state index is 0.128. The lowest BCUT2D eigenvalue weighted by atomic mass is 9.97. The van der Waals surface area contributed by atoms with Crippen LogP contribution in [0.2, 0.25) is 0 Å². The van der Waals surface area contributed by atoms with Gasteiger partial charge in [-0.25, -0.2) is 4.79 Å². The molecule has 0 heterocycles. The molecule has 3 heteroatoms. The smallest absolute Gasteiger partial charge is 0.335 e. The van der Waals surface area contributed by atoms with E-state index in [1.165, 1.54) is 6.92 Å². The van der Waals surface area contributed by atoms with Gasteiger partial charge in [-0.3, -0.25) is 0 Å². The molecule has 2 N–H and O–H groups in total. The Morgan fingerprint density at radius 3 is 2.13 bits per heavy atom. The van der Waals surface area contributed by atoms with Crippen LogP contribution in [0.1, 0.15) is 26.3 Å². The summed E-state index contributed by atoms with van der Waals surface area (Å²) in [4.78, 5) is 10.6. The van der Waals surface area contributed by atoms with Crippen LogP contribution in [0.15, 0.2) is 30.3 Å². The van der Waals surface area contributed by atoms with Gasteiger partial charge in [0.15, 0.2) is 5.60 Å². The molecule has 0 fully saturated rings. The summed E-state index contributed by atoms with van der Waals surface area (Å²) in [5.41, 5.74) is -0.864. The van der Waals surface area contributed by atoms with Gasteiger partial charge in [-0.2, -0.15) is 0 Å². The van der Waals surface area contributed by atoms with E-state index < -0.39 is 11.6 Å². The molecule has 1 unspecified atom stereocenters. The van der Waals surface area contributed by atoms with Gasteiger partial charge in [0.05, 0.1) is 0 Å². The standard InChI is InChI=1S/C10H12O3.C2H6/c1-10(13,9(11)12)7-8-5-3-2-4-6-8;1-2/h2-6,13H,7H2,1H3,(H,11,12);1-2H3. The molecule has 0 aliphatic rings. The number of benzene rings is 1. The van der Waals surface area contributed by atoms with E-state index in [9.17, 15) is 9.90 Å². The summed E-state index contributed by atoms with van der Waals surface area (Å²) in [6, 6.07) is 9.05. The molecule has 15 heavy (non-hydrogen) atoms. The fraction of sp³-hybridized carbons (Fsp3) is 0.417. The van der Waals surface area contributed by atoms with Crippen LogP contribution in [0, 0.1) is 0 Å². The van der Waals surface area contributed by atoms with E-state index in [1.807, 2.05) is 32.0 Å². The molecule has 1 aromatic rings. The van der Waals surface area contributed by atoms with Gasteiger partial charge >= 0.3 is 5.97 Å². The minimum atomic E-state index is -1.68. The second kappa shape index (κ2) is 6.19. The van der Waals surface area contributed by atoms with Gasteiger partial charge in [-0.15, -0.1) is 0 Å². The topological polar surface area (TPSA) is 57.5 Å². The van der Waals surface area contributed by atoms with Crippen LogP contribution < -0.4 is 0 Å². The molecule has 0 saturated carbocycles. The number of carbonyl (C=O) groups is 1. The Morgan fingerprint density at radius 1 is 1.27 bits per heavy atom. The first kappa shape index (κ1) is 13.7. The van der Waals surface area contributed by atoms with Crippen molar-refractivity contribution in [1.82, 2.24) is 0 Å². The average molecular weight is 210 g/mol. The molecule has 0 radical (unpaired) electrons. The summed E-state index contributed by atoms with van der Waals surface area (Å²) in [5.74, 6) is -1.20. The van der Waals surface area contributed by atoms with Crippen LogP contribution in [0.5, 0.6) is 0 Å². The molecule has 0 aliphatic carbocycles. The van der Waals surface area contributed by atoms with Crippen molar-refractivity contribution in [3.8, 4) is 0 Å². The van der Waals surface area contributed by atoms with E-state index in [4.69, 9.17) is 5.11 Å². The highest BCUT2D eigenvalue weighted by atomic mass is 16.4. The van der Waals surface area contributed by atoms with Crippen LogP contribution in [0.25, 0.3) is 0 Å². The van der Waals surface area contributed by atoms with Crippen LogP contribution >= 0.6 is 0 Å². The van der Waals surface area contributed by atoms with E-state index in [0.717, 1.165) is 5.56 Å². The van der Waals surface area contributed by atoms with E-state index in [1.54, 1.807) is 12.1 Å². The normalized spacial score (nSPS) is 13.3. The molecular formula is C12H18O3. The van der Waals surface area contributed by atoms with Gasteiger partial charge in [0.1, 0.15) is 0 Å². The Hall–Kier alpha value is -1.35. The molecule has 1 atom stereocenters. The molecular weight excluding hydrogens is 192 g/mol. The summed E-state index contributed by atoms with van der Waals surface area (Å²) in [5, 5.41) is 18.1. The summed E-state index contributed by atoms with van der Waals surface area (Å²) in [7, 11) is 0. The molecule has 0 bridgehead atoms. The van der Waals surface area contributed by atoms with Crippen LogP contribution in [0.4, 0.5) is 0 Å². The third-order valence-electron chi connectivity index (χ3n) is 1.85. The van der Waals surface area contributed by atoms with Crippen LogP contribution in [0.3, 0.4) is 0 Å². The largest absolute Gasteiger partial charge is 0.479 e. The lowest BCUT2D eigenvalue weighted by Gasteiger charge is -2.17. The molecule has 84 valence electrons. The predicted octanol–water partition coefficient (Wildman–Crippen LogP) is 2.09. The Balaban J connectivity index is 0.000000921. The zero-order valence-electron chi connectivity index (χ0n) is 9.40. The number of carboxylic acid groups (broad SMARTS) is 1. The van der Waals surface area contributed by atoms with Crippen molar-refractivity contribution in [3.63, 3.8) is 0 Å². The number of aliphatic hydroxyl groups is 1. The maximum absolute atomic E-state index is 10.6. The minimum Gasteiger partial charge on any atom is -0.479 e. The Bertz CT molecular complexity index is 291. The SMILES string of the molecule is CC.CC(O)(Cc1ccccc1)C(=O)O. The van der Waals surface area contributed by atoms with Gasteiger partial charge in [0.25, 0.3) is 0 Å². The molecule has 0 saturated heterocycles. The van der Waals surface area contributed by atoms with E-state index in [-0.39, 0.29) is 6.42 Å². The van der Waals surface area contributed by atoms with Gasteiger partial charge in [0, 0.05) is 6.42 Å². The van der Waals surface area contributed by atoms with Gasteiger partial charge in [0.2, 0.25) is 0 Å². The fourth-order valence-corrected chi connectivity index (χ4v) is 1.07. The van der Waals surface area contributed by atoms with Gasteiger partial charge < -0.3 is 10.2 Å². The second-order valence-electron chi connectivity index (χ2n) is 3.24. The maximum Gasteiger partial charge on any atom is 0.335 e. The number of hydrogen-bond donors (Lipinski definition) is 2. The third-order valence-corrected chi connectivity index (χ3v) is 1.85. The van der Waals surface area contributed by atoms with Crippen molar-refractivity contribution in [2.24, 2.45) is 0 Å². The summed E-state index contributed by atoms with van der Waals surface area (Å²) >= 11 is 0. The zero-order chi connectivity index (χ0) is 11.9. The molecule has 0 amide bonds. The first-order chi connectivity index (χ1) is 7.02. The van der Waals surface area contributed by atoms with Crippen molar-refractivity contribution in [3.05, 3.63) is 35.9 Å². The van der Waals surface area contributed by atoms with E-state index in [2.05, 4.69) is 0 Å². The highest BCUT2D eigenvalue weighted by Gasteiger charge is 2.29. The quantitative estimate of drug-likeness (QED) is 0.803. The fourth-order valence-electron chi connectivity index (χ4n) is 1.07. The Morgan fingerprint density at radius 2 is 1.73 bits per heavy atom. The van der Waals surface area contributed by atoms with Crippen molar-refractivity contribution < 1.29 is 15.0 Å². The molecule has 0 aromatic heterocycles. The lowest BCUT2D eigenvalue weighted by molar-refractivity contribution is -0.156. The molecule has 3 nitrogen and oxygen atoms in total. The summed E-state index contributed by atoms with van der Waals surface area (Å²) in [6.07, 6.45) is 0.128. The first-order valence-electron chi connectivity index (χ1n) is 5.02. The van der Waals surface area contributed by atoms with Gasteiger partial charge in [-0.1, -0.05) is 44.2 Å². The highest BCUT2D eigenvalue weighted by molar-refractivity contribution is 5.76. The average Bonchev–Trinajstić information content (AvgIpc) is 2.21. The number of aliphatic carboxylic acids is 1.